The molecule has 6 heteroatoms. The van der Waals surface area contributed by atoms with E-state index in [0.717, 1.165) is 3.57 Å². The molecule has 1 rings (SSSR count). The second-order valence-corrected chi connectivity index (χ2v) is 4.92. The Labute approximate surface area is 131 Å². The quantitative estimate of drug-likeness (QED) is 0.319. The Balaban J connectivity index is 2.82. The van der Waals surface area contributed by atoms with E-state index in [-0.39, 0.29) is 5.76 Å². The van der Waals surface area contributed by atoms with Gasteiger partial charge in [0.1, 0.15) is 12.4 Å². The second-order valence-electron chi connectivity index (χ2n) is 3.75. The van der Waals surface area contributed by atoms with Crippen LogP contribution in [0, 0.1) is 3.57 Å². The van der Waals surface area contributed by atoms with Crippen LogP contribution in [0.5, 0.6) is 5.75 Å². The predicted molar refractivity (Wildman–Crippen MR) is 83.8 cm³/mol. The van der Waals surface area contributed by atoms with Gasteiger partial charge >= 0.3 is 5.97 Å². The van der Waals surface area contributed by atoms with E-state index in [9.17, 15) is 4.79 Å². The molecule has 5 nitrogen and oxygen atoms in total. The van der Waals surface area contributed by atoms with E-state index in [1.807, 2.05) is 13.0 Å². The van der Waals surface area contributed by atoms with Gasteiger partial charge in [0, 0.05) is 6.61 Å². The Morgan fingerprint density at radius 2 is 2.15 bits per heavy atom. The van der Waals surface area contributed by atoms with Crippen molar-refractivity contribution in [3.8, 4) is 5.75 Å². The van der Waals surface area contributed by atoms with Crippen LogP contribution in [0.4, 0.5) is 0 Å². The highest BCUT2D eigenvalue weighted by atomic mass is 127. The summed E-state index contributed by atoms with van der Waals surface area (Å²) in [6, 6.07) is 5.44. The summed E-state index contributed by atoms with van der Waals surface area (Å²) in [5, 5.41) is 8.92. The summed E-state index contributed by atoms with van der Waals surface area (Å²) in [5.41, 5.74) is 0.705. The van der Waals surface area contributed by atoms with Crippen molar-refractivity contribution in [1.82, 2.24) is 0 Å². The molecule has 0 saturated heterocycles. The molecule has 1 aromatic rings. The maximum atomic E-state index is 10.9. The lowest BCUT2D eigenvalue weighted by Gasteiger charge is -2.09. The first kappa shape index (κ1) is 16.8. The minimum absolute atomic E-state index is 0.119. The van der Waals surface area contributed by atoms with Gasteiger partial charge < -0.3 is 19.3 Å². The van der Waals surface area contributed by atoms with E-state index >= 15 is 0 Å². The molecule has 20 heavy (non-hydrogen) atoms. The number of carbonyl (C=O) groups is 1. The number of ether oxygens (including phenoxy) is 3. The fraction of sp³-hybridized carbons (Fsp3) is 0.357. The average molecular weight is 392 g/mol. The third kappa shape index (κ3) is 5.38. The number of methoxy groups -OCH3 is 1. The van der Waals surface area contributed by atoms with Crippen molar-refractivity contribution in [3.05, 3.63) is 33.1 Å². The molecular formula is C14H17IO5. The number of halogens is 1. The molecule has 0 heterocycles. The van der Waals surface area contributed by atoms with Crippen molar-refractivity contribution < 1.29 is 24.1 Å². The summed E-state index contributed by atoms with van der Waals surface area (Å²) in [6.07, 6.45) is 1.45. The average Bonchev–Trinajstić information content (AvgIpc) is 2.43. The third-order valence-corrected chi connectivity index (χ3v) is 3.26. The van der Waals surface area contributed by atoms with E-state index in [1.165, 1.54) is 13.2 Å². The molecule has 0 bridgehead atoms. The first-order valence-electron chi connectivity index (χ1n) is 6.07. The van der Waals surface area contributed by atoms with Crippen molar-refractivity contribution in [2.75, 3.05) is 26.9 Å². The van der Waals surface area contributed by atoms with E-state index in [4.69, 9.17) is 19.3 Å². The lowest BCUT2D eigenvalue weighted by atomic mass is 10.2. The van der Waals surface area contributed by atoms with Crippen molar-refractivity contribution in [2.24, 2.45) is 0 Å². The lowest BCUT2D eigenvalue weighted by molar-refractivity contribution is -0.135. The van der Waals surface area contributed by atoms with Crippen LogP contribution in [0.1, 0.15) is 12.5 Å². The topological polar surface area (TPSA) is 65.0 Å². The minimum Gasteiger partial charge on any atom is -0.490 e. The van der Waals surface area contributed by atoms with Crippen LogP contribution in [0.25, 0.3) is 6.08 Å². The third-order valence-electron chi connectivity index (χ3n) is 2.37. The maximum Gasteiger partial charge on any atom is 0.371 e. The number of rotatable bonds is 8. The molecule has 0 fully saturated rings. The molecule has 0 spiro atoms. The van der Waals surface area contributed by atoms with Gasteiger partial charge in [0.15, 0.2) is 0 Å². The van der Waals surface area contributed by atoms with Gasteiger partial charge in [-0.25, -0.2) is 4.79 Å². The van der Waals surface area contributed by atoms with E-state index < -0.39 is 5.97 Å². The summed E-state index contributed by atoms with van der Waals surface area (Å²) in [5.74, 6) is -0.531. The first-order valence-corrected chi connectivity index (χ1v) is 7.15. The predicted octanol–water partition coefficient (Wildman–Crippen LogP) is 2.78. The molecule has 1 aromatic carbocycles. The highest BCUT2D eigenvalue weighted by molar-refractivity contribution is 14.1. The Bertz CT molecular complexity index is 484. The minimum atomic E-state index is -1.11. The van der Waals surface area contributed by atoms with Crippen molar-refractivity contribution in [1.29, 1.82) is 0 Å². The molecule has 0 unspecified atom stereocenters. The molecule has 110 valence electrons. The van der Waals surface area contributed by atoms with Gasteiger partial charge in [0.2, 0.25) is 5.76 Å². The molecule has 0 aliphatic rings. The van der Waals surface area contributed by atoms with Crippen LogP contribution in [-0.4, -0.2) is 38.0 Å². The number of hydrogen-bond donors (Lipinski definition) is 1. The number of benzene rings is 1. The smallest absolute Gasteiger partial charge is 0.371 e. The monoisotopic (exact) mass is 392 g/mol. The Morgan fingerprint density at radius 3 is 2.75 bits per heavy atom. The molecule has 0 saturated carbocycles. The van der Waals surface area contributed by atoms with Crippen LogP contribution in [0.15, 0.2) is 24.0 Å². The largest absolute Gasteiger partial charge is 0.490 e. The van der Waals surface area contributed by atoms with Gasteiger partial charge in [0.05, 0.1) is 17.3 Å². The van der Waals surface area contributed by atoms with E-state index in [1.54, 1.807) is 12.1 Å². The molecule has 0 aliphatic heterocycles. The Morgan fingerprint density at radius 1 is 1.40 bits per heavy atom. The van der Waals surface area contributed by atoms with Crippen LogP contribution in [0.3, 0.4) is 0 Å². The summed E-state index contributed by atoms with van der Waals surface area (Å²) in [6.45, 7) is 3.55. The number of carboxylic acid groups (broad SMARTS) is 1. The first-order chi connectivity index (χ1) is 9.58. The maximum absolute atomic E-state index is 10.9. The van der Waals surface area contributed by atoms with Crippen LogP contribution in [0.2, 0.25) is 0 Å². The van der Waals surface area contributed by atoms with Gasteiger partial charge in [0.25, 0.3) is 0 Å². The van der Waals surface area contributed by atoms with Gasteiger partial charge in [-0.3, -0.25) is 0 Å². The Kier molecular flexibility index (Phi) is 7.38. The zero-order valence-corrected chi connectivity index (χ0v) is 13.5. The highest BCUT2D eigenvalue weighted by Crippen LogP contribution is 2.23. The van der Waals surface area contributed by atoms with Gasteiger partial charge in [-0.1, -0.05) is 6.07 Å². The molecule has 1 N–H and O–H groups in total. The van der Waals surface area contributed by atoms with Crippen LogP contribution in [-0.2, 0) is 14.3 Å². The van der Waals surface area contributed by atoms with Gasteiger partial charge in [-0.2, -0.15) is 0 Å². The summed E-state index contributed by atoms with van der Waals surface area (Å²) < 4.78 is 16.6. The fourth-order valence-corrected chi connectivity index (χ4v) is 1.93. The number of aliphatic carboxylic acids is 1. The normalized spacial score (nSPS) is 11.2. The summed E-state index contributed by atoms with van der Waals surface area (Å²) >= 11 is 2.16. The molecular weight excluding hydrogens is 375 g/mol. The van der Waals surface area contributed by atoms with Crippen molar-refractivity contribution in [3.63, 3.8) is 0 Å². The lowest BCUT2D eigenvalue weighted by Crippen LogP contribution is -2.07. The number of carboxylic acids is 1. The fourth-order valence-electron chi connectivity index (χ4n) is 1.43. The van der Waals surface area contributed by atoms with E-state index in [0.29, 0.717) is 31.1 Å². The molecule has 0 aliphatic carbocycles. The van der Waals surface area contributed by atoms with Crippen LogP contribution >= 0.6 is 22.6 Å². The SMILES string of the molecule is CCOCCOc1cc(/C=C(\OC)C(=O)O)ccc1I. The summed E-state index contributed by atoms with van der Waals surface area (Å²) in [7, 11) is 1.33. The molecule has 0 amide bonds. The molecule has 0 aromatic heterocycles. The van der Waals surface area contributed by atoms with Gasteiger partial charge in [-0.05, 0) is 53.3 Å². The second kappa shape index (κ2) is 8.80. The summed E-state index contributed by atoms with van der Waals surface area (Å²) in [4.78, 5) is 10.9. The van der Waals surface area contributed by atoms with E-state index in [2.05, 4.69) is 22.6 Å². The molecule has 0 radical (unpaired) electrons. The zero-order valence-electron chi connectivity index (χ0n) is 11.4. The Hall–Kier alpha value is -1.28. The highest BCUT2D eigenvalue weighted by Gasteiger charge is 2.08. The van der Waals surface area contributed by atoms with Crippen molar-refractivity contribution >= 4 is 34.6 Å². The van der Waals surface area contributed by atoms with Crippen LogP contribution < -0.4 is 4.74 Å². The number of hydrogen-bond acceptors (Lipinski definition) is 4. The standard InChI is InChI=1S/C14H17IO5/c1-3-19-6-7-20-12-8-10(4-5-11(12)15)9-13(18-2)14(16)17/h4-5,8-9H,3,6-7H2,1-2H3,(H,16,17)/b13-9-. The van der Waals surface area contributed by atoms with Gasteiger partial charge in [-0.15, -0.1) is 0 Å². The molecule has 0 atom stereocenters. The zero-order chi connectivity index (χ0) is 15.0. The van der Waals surface area contributed by atoms with Crippen molar-refractivity contribution in [2.45, 2.75) is 6.92 Å².